The highest BCUT2D eigenvalue weighted by atomic mass is 35.5. The molecule has 1 aromatic heterocycles. The van der Waals surface area contributed by atoms with Crippen LogP contribution in [-0.4, -0.2) is 42.1 Å². The average Bonchev–Trinajstić information content (AvgIpc) is 2.96. The summed E-state index contributed by atoms with van der Waals surface area (Å²) in [4.78, 5) is 15.1. The fraction of sp³-hybridized carbons (Fsp3) is 0.545. The van der Waals surface area contributed by atoms with Crippen molar-refractivity contribution in [3.8, 4) is 0 Å². The number of carbonyl (C=O) groups is 1. The molecule has 1 aliphatic rings. The number of rotatable bonds is 4. The smallest absolute Gasteiger partial charge is 0.240 e. The highest BCUT2D eigenvalue weighted by Crippen LogP contribution is 2.13. The van der Waals surface area contributed by atoms with E-state index in [-0.39, 0.29) is 24.4 Å². The molecule has 1 aromatic rings. The molecule has 1 fully saturated rings. The summed E-state index contributed by atoms with van der Waals surface area (Å²) < 4.78 is 0. The second-order valence-electron chi connectivity index (χ2n) is 3.86. The minimum Gasteiger partial charge on any atom is -0.344 e. The fourth-order valence-corrected chi connectivity index (χ4v) is 3.29. The summed E-state index contributed by atoms with van der Waals surface area (Å²) in [7, 11) is 1.89. The van der Waals surface area contributed by atoms with Crippen LogP contribution in [0.25, 0.3) is 0 Å². The van der Waals surface area contributed by atoms with E-state index in [0.29, 0.717) is 0 Å². The van der Waals surface area contributed by atoms with Gasteiger partial charge >= 0.3 is 0 Å². The summed E-state index contributed by atoms with van der Waals surface area (Å²) in [5, 5.41) is 5.28. The van der Waals surface area contributed by atoms with E-state index in [1.54, 1.807) is 23.1 Å². The number of hydrogen-bond donors (Lipinski definition) is 1. The van der Waals surface area contributed by atoms with E-state index < -0.39 is 0 Å². The molecule has 17 heavy (non-hydrogen) atoms. The van der Waals surface area contributed by atoms with Crippen LogP contribution in [0, 0.1) is 0 Å². The molecule has 2 rings (SSSR count). The predicted octanol–water partition coefficient (Wildman–Crippen LogP) is 1.83. The molecule has 0 aliphatic carbocycles. The fourth-order valence-electron chi connectivity index (χ4n) is 1.66. The molecule has 0 aromatic carbocycles. The number of halogens is 1. The van der Waals surface area contributed by atoms with E-state index in [9.17, 15) is 4.79 Å². The Kier molecular flexibility index (Phi) is 6.33. The first-order chi connectivity index (χ1) is 7.77. The molecule has 1 N–H and O–H groups in total. The normalized spacial score (nSPS) is 18.8. The number of amides is 1. The predicted molar refractivity (Wildman–Crippen MR) is 77.2 cm³/mol. The van der Waals surface area contributed by atoms with Gasteiger partial charge < -0.3 is 4.90 Å². The maximum Gasteiger partial charge on any atom is 0.240 e. The number of nitrogens with one attached hydrogen (secondary N) is 1. The average molecular weight is 293 g/mol. The van der Waals surface area contributed by atoms with E-state index in [4.69, 9.17) is 0 Å². The summed E-state index contributed by atoms with van der Waals surface area (Å²) in [5.74, 6) is 2.03. The SMILES string of the molecule is CN(CCc1cccs1)C(=O)C1CSCN1.Cl. The summed E-state index contributed by atoms with van der Waals surface area (Å²) in [5.41, 5.74) is 0. The lowest BCUT2D eigenvalue weighted by atomic mass is 10.2. The molecule has 0 radical (unpaired) electrons. The quantitative estimate of drug-likeness (QED) is 0.919. The number of likely N-dealkylation sites (N-methyl/N-ethyl adjacent to an activating group) is 1. The largest absolute Gasteiger partial charge is 0.344 e. The summed E-state index contributed by atoms with van der Waals surface area (Å²) in [6, 6.07) is 4.20. The number of thioether (sulfide) groups is 1. The van der Waals surface area contributed by atoms with Gasteiger partial charge in [-0.05, 0) is 17.9 Å². The number of nitrogens with zero attached hydrogens (tertiary/aromatic N) is 1. The Labute approximate surface area is 116 Å². The van der Waals surface area contributed by atoms with Crippen LogP contribution in [0.15, 0.2) is 17.5 Å². The van der Waals surface area contributed by atoms with Gasteiger partial charge in [-0.1, -0.05) is 6.07 Å². The Morgan fingerprint density at radius 2 is 2.47 bits per heavy atom. The molecule has 6 heteroatoms. The molecular weight excluding hydrogens is 276 g/mol. The number of carbonyl (C=O) groups excluding carboxylic acids is 1. The molecule has 1 amide bonds. The zero-order chi connectivity index (χ0) is 11.4. The molecular formula is C11H17ClN2OS2. The minimum absolute atomic E-state index is 0. The molecule has 0 saturated carbocycles. The zero-order valence-electron chi connectivity index (χ0n) is 9.72. The molecule has 0 bridgehead atoms. The third kappa shape index (κ3) is 4.17. The Bertz CT molecular complexity index is 339. The molecule has 3 nitrogen and oxygen atoms in total. The molecule has 1 unspecified atom stereocenters. The monoisotopic (exact) mass is 292 g/mol. The van der Waals surface area contributed by atoms with Crippen LogP contribution in [0.1, 0.15) is 4.88 Å². The van der Waals surface area contributed by atoms with Crippen molar-refractivity contribution < 1.29 is 4.79 Å². The van der Waals surface area contributed by atoms with Gasteiger partial charge in [0.2, 0.25) is 5.91 Å². The lowest BCUT2D eigenvalue weighted by molar-refractivity contribution is -0.131. The Hall–Kier alpha value is -0.230. The molecule has 96 valence electrons. The van der Waals surface area contributed by atoms with Crippen LogP contribution in [0.4, 0.5) is 0 Å². The van der Waals surface area contributed by atoms with Crippen molar-refractivity contribution in [2.75, 3.05) is 25.2 Å². The molecule has 0 spiro atoms. The van der Waals surface area contributed by atoms with Crippen LogP contribution in [-0.2, 0) is 11.2 Å². The van der Waals surface area contributed by atoms with Crippen molar-refractivity contribution in [1.29, 1.82) is 0 Å². The molecule has 1 atom stereocenters. The summed E-state index contributed by atoms with van der Waals surface area (Å²) in [6.07, 6.45) is 0.958. The van der Waals surface area contributed by atoms with Crippen LogP contribution in [0.3, 0.4) is 0 Å². The van der Waals surface area contributed by atoms with E-state index in [2.05, 4.69) is 22.8 Å². The van der Waals surface area contributed by atoms with Crippen molar-refractivity contribution >= 4 is 41.4 Å². The van der Waals surface area contributed by atoms with Gasteiger partial charge in [-0.15, -0.1) is 35.5 Å². The van der Waals surface area contributed by atoms with Crippen molar-refractivity contribution in [3.05, 3.63) is 22.4 Å². The van der Waals surface area contributed by atoms with Crippen molar-refractivity contribution in [2.45, 2.75) is 12.5 Å². The summed E-state index contributed by atoms with van der Waals surface area (Å²) in [6.45, 7) is 0.808. The first kappa shape index (κ1) is 14.8. The van der Waals surface area contributed by atoms with Gasteiger partial charge in [0.1, 0.15) is 0 Å². The van der Waals surface area contributed by atoms with E-state index in [0.717, 1.165) is 24.6 Å². The Morgan fingerprint density at radius 1 is 1.65 bits per heavy atom. The van der Waals surface area contributed by atoms with Gasteiger partial charge in [0, 0.05) is 30.1 Å². The number of hydrogen-bond acceptors (Lipinski definition) is 4. The van der Waals surface area contributed by atoms with Gasteiger partial charge in [0.05, 0.1) is 6.04 Å². The summed E-state index contributed by atoms with van der Waals surface area (Å²) >= 11 is 3.54. The second kappa shape index (κ2) is 7.26. The minimum atomic E-state index is 0. The molecule has 1 saturated heterocycles. The van der Waals surface area contributed by atoms with Crippen molar-refractivity contribution in [2.24, 2.45) is 0 Å². The van der Waals surface area contributed by atoms with Crippen LogP contribution in [0.5, 0.6) is 0 Å². The van der Waals surface area contributed by atoms with Crippen LogP contribution >= 0.6 is 35.5 Å². The standard InChI is InChI=1S/C11H16N2OS2.ClH/c1-13(5-4-9-3-2-6-16-9)11(14)10-7-15-8-12-10;/h2-3,6,10,12H,4-5,7-8H2,1H3;1H. The lowest BCUT2D eigenvalue weighted by Crippen LogP contribution is -2.43. The van der Waals surface area contributed by atoms with Gasteiger partial charge in [-0.25, -0.2) is 0 Å². The first-order valence-corrected chi connectivity index (χ1v) is 7.39. The van der Waals surface area contributed by atoms with Crippen LogP contribution in [0.2, 0.25) is 0 Å². The van der Waals surface area contributed by atoms with Crippen molar-refractivity contribution in [1.82, 2.24) is 10.2 Å². The Morgan fingerprint density at radius 3 is 3.06 bits per heavy atom. The first-order valence-electron chi connectivity index (χ1n) is 5.36. The van der Waals surface area contributed by atoms with Crippen LogP contribution < -0.4 is 5.32 Å². The lowest BCUT2D eigenvalue weighted by Gasteiger charge is -2.20. The maximum atomic E-state index is 12.0. The molecule has 2 heterocycles. The van der Waals surface area contributed by atoms with Crippen molar-refractivity contribution in [3.63, 3.8) is 0 Å². The van der Waals surface area contributed by atoms with E-state index in [1.165, 1.54) is 4.88 Å². The van der Waals surface area contributed by atoms with Gasteiger partial charge in [-0.2, -0.15) is 0 Å². The third-order valence-corrected chi connectivity index (χ3v) is 4.54. The maximum absolute atomic E-state index is 12.0. The topological polar surface area (TPSA) is 32.3 Å². The zero-order valence-corrected chi connectivity index (χ0v) is 12.2. The Balaban J connectivity index is 0.00000144. The number of thiophene rings is 1. The highest BCUT2D eigenvalue weighted by Gasteiger charge is 2.24. The molecule has 1 aliphatic heterocycles. The highest BCUT2D eigenvalue weighted by molar-refractivity contribution is 7.99. The van der Waals surface area contributed by atoms with Gasteiger partial charge in [-0.3, -0.25) is 10.1 Å². The van der Waals surface area contributed by atoms with E-state index >= 15 is 0 Å². The third-order valence-electron chi connectivity index (χ3n) is 2.66. The second-order valence-corrected chi connectivity index (χ2v) is 5.92. The van der Waals surface area contributed by atoms with Gasteiger partial charge in [0.25, 0.3) is 0 Å². The van der Waals surface area contributed by atoms with Gasteiger partial charge in [0.15, 0.2) is 0 Å². The van der Waals surface area contributed by atoms with E-state index in [1.807, 2.05) is 11.9 Å².